The van der Waals surface area contributed by atoms with Crippen LogP contribution in [0.4, 0.5) is 10.1 Å². The van der Waals surface area contributed by atoms with Crippen LogP contribution in [0.25, 0.3) is 5.57 Å². The summed E-state index contributed by atoms with van der Waals surface area (Å²) in [6, 6.07) is 11.8. The van der Waals surface area contributed by atoms with Gasteiger partial charge in [0.25, 0.3) is 10.0 Å². The second kappa shape index (κ2) is 8.35. The fourth-order valence-corrected chi connectivity index (χ4v) is 3.88. The lowest BCUT2D eigenvalue weighted by molar-refractivity contribution is -0.111. The number of amides is 1. The zero-order valence-electron chi connectivity index (χ0n) is 15.3. The Morgan fingerprint density at radius 2 is 1.93 bits per heavy atom. The van der Waals surface area contributed by atoms with Crippen LogP contribution in [-0.4, -0.2) is 26.7 Å². The average Bonchev–Trinajstić information content (AvgIpc) is 3.14. The molecular formula is C20H20FN3O3S. The van der Waals surface area contributed by atoms with E-state index in [0.29, 0.717) is 30.1 Å². The molecule has 3 rings (SSSR count). The highest BCUT2D eigenvalue weighted by molar-refractivity contribution is 7.90. The van der Waals surface area contributed by atoms with Crippen LogP contribution in [0.1, 0.15) is 25.3 Å². The molecule has 0 bridgehead atoms. The lowest BCUT2D eigenvalue weighted by atomic mass is 10.1. The number of allylic oxidation sites excluding steroid dienone is 1. The lowest BCUT2D eigenvalue weighted by Gasteiger charge is -2.09. The first-order valence-corrected chi connectivity index (χ1v) is 10.2. The van der Waals surface area contributed by atoms with Crippen molar-refractivity contribution in [2.45, 2.75) is 24.7 Å². The molecule has 8 heteroatoms. The number of aliphatic imine (C=N–C) groups is 1. The van der Waals surface area contributed by atoms with Crippen molar-refractivity contribution in [2.75, 3.05) is 11.9 Å². The maximum Gasteiger partial charge on any atom is 0.262 e. The molecule has 1 aliphatic heterocycles. The predicted molar refractivity (Wildman–Crippen MR) is 107 cm³/mol. The van der Waals surface area contributed by atoms with E-state index >= 15 is 0 Å². The van der Waals surface area contributed by atoms with Crippen LogP contribution < -0.4 is 10.0 Å². The molecular weight excluding hydrogens is 381 g/mol. The summed E-state index contributed by atoms with van der Waals surface area (Å²) in [6.45, 7) is 2.35. The number of benzene rings is 2. The molecule has 0 radical (unpaired) electrons. The zero-order valence-corrected chi connectivity index (χ0v) is 16.1. The predicted octanol–water partition coefficient (Wildman–Crippen LogP) is 3.34. The maximum absolute atomic E-state index is 13.0. The Balaban J connectivity index is 1.72. The van der Waals surface area contributed by atoms with Crippen molar-refractivity contribution in [2.24, 2.45) is 4.99 Å². The number of carbonyl (C=O) groups excluding carboxylic acids is 1. The van der Waals surface area contributed by atoms with Crippen molar-refractivity contribution >= 4 is 33.0 Å². The van der Waals surface area contributed by atoms with Gasteiger partial charge in [0.05, 0.1) is 4.90 Å². The normalized spacial score (nSPS) is 14.5. The van der Waals surface area contributed by atoms with Gasteiger partial charge in [-0.05, 0) is 54.8 Å². The first-order valence-electron chi connectivity index (χ1n) is 8.75. The molecule has 6 nitrogen and oxygen atoms in total. The van der Waals surface area contributed by atoms with Gasteiger partial charge < -0.3 is 5.32 Å². The second-order valence-electron chi connectivity index (χ2n) is 6.39. The summed E-state index contributed by atoms with van der Waals surface area (Å²) in [5, 5.41) is 2.65. The number of sulfonamides is 1. The quantitative estimate of drug-likeness (QED) is 0.754. The summed E-state index contributed by atoms with van der Waals surface area (Å²) < 4.78 is 40.4. The van der Waals surface area contributed by atoms with Crippen molar-refractivity contribution in [1.82, 2.24) is 4.72 Å². The third-order valence-corrected chi connectivity index (χ3v) is 5.56. The van der Waals surface area contributed by atoms with Gasteiger partial charge in [-0.1, -0.05) is 18.2 Å². The number of hydrogen-bond donors (Lipinski definition) is 2. The Kier molecular flexibility index (Phi) is 5.89. The molecule has 0 atom stereocenters. The monoisotopic (exact) mass is 401 g/mol. The third-order valence-electron chi connectivity index (χ3n) is 4.19. The Bertz CT molecular complexity index is 1040. The largest absolute Gasteiger partial charge is 0.322 e. The zero-order chi connectivity index (χ0) is 20.1. The van der Waals surface area contributed by atoms with E-state index in [-0.39, 0.29) is 10.7 Å². The van der Waals surface area contributed by atoms with Gasteiger partial charge in [-0.3, -0.25) is 14.5 Å². The summed E-state index contributed by atoms with van der Waals surface area (Å²) in [5.41, 5.74) is 1.72. The first kappa shape index (κ1) is 19.8. The maximum atomic E-state index is 13.0. The van der Waals surface area contributed by atoms with Crippen molar-refractivity contribution in [1.29, 1.82) is 0 Å². The van der Waals surface area contributed by atoms with E-state index in [1.165, 1.54) is 30.3 Å². The summed E-state index contributed by atoms with van der Waals surface area (Å²) >= 11 is 0. The van der Waals surface area contributed by atoms with E-state index in [9.17, 15) is 17.6 Å². The van der Waals surface area contributed by atoms with Crippen LogP contribution >= 0.6 is 0 Å². The third kappa shape index (κ3) is 5.04. The van der Waals surface area contributed by atoms with Crippen LogP contribution in [0.15, 0.2) is 64.5 Å². The molecule has 2 N–H and O–H groups in total. The molecule has 0 aliphatic carbocycles. The van der Waals surface area contributed by atoms with Crippen LogP contribution in [0.5, 0.6) is 0 Å². The molecule has 28 heavy (non-hydrogen) atoms. The highest BCUT2D eigenvalue weighted by Crippen LogP contribution is 2.18. The number of anilines is 1. The number of carbonyl (C=O) groups is 1. The minimum absolute atomic E-state index is 0.0409. The molecule has 1 heterocycles. The van der Waals surface area contributed by atoms with Crippen molar-refractivity contribution in [3.63, 3.8) is 0 Å². The fourth-order valence-electron chi connectivity index (χ4n) is 2.75. The molecule has 1 amide bonds. The van der Waals surface area contributed by atoms with Gasteiger partial charge in [0.1, 0.15) is 11.7 Å². The van der Waals surface area contributed by atoms with Gasteiger partial charge in [0.2, 0.25) is 5.91 Å². The highest BCUT2D eigenvalue weighted by atomic mass is 32.2. The number of nitrogens with one attached hydrogen (secondary N) is 2. The molecule has 0 saturated heterocycles. The van der Waals surface area contributed by atoms with Gasteiger partial charge in [-0.2, -0.15) is 0 Å². The van der Waals surface area contributed by atoms with Crippen molar-refractivity contribution < 1.29 is 17.6 Å². The smallest absolute Gasteiger partial charge is 0.262 e. The molecule has 0 saturated carbocycles. The van der Waals surface area contributed by atoms with E-state index in [2.05, 4.69) is 15.0 Å². The Morgan fingerprint density at radius 3 is 2.61 bits per heavy atom. The van der Waals surface area contributed by atoms with Crippen molar-refractivity contribution in [3.8, 4) is 0 Å². The van der Waals surface area contributed by atoms with Gasteiger partial charge in [0, 0.05) is 24.7 Å². The molecule has 2 aromatic carbocycles. The molecule has 146 valence electrons. The first-order chi connectivity index (χ1) is 13.3. The number of halogens is 1. The molecule has 1 aliphatic rings. The number of hydrogen-bond acceptors (Lipinski definition) is 4. The van der Waals surface area contributed by atoms with Crippen LogP contribution in [0.3, 0.4) is 0 Å². The fraction of sp³-hybridized carbons (Fsp3) is 0.200. The summed E-state index contributed by atoms with van der Waals surface area (Å²) in [5.74, 6) is -0.312. The SMILES string of the molecule is C/C(=C\C(=O)Nc1cccc(S(=O)(=O)NC2=NCCC2)c1)c1ccc(F)cc1. The number of rotatable bonds is 5. The van der Waals surface area contributed by atoms with Crippen LogP contribution in [0.2, 0.25) is 0 Å². The molecule has 0 spiro atoms. The van der Waals surface area contributed by atoms with Gasteiger partial charge in [0.15, 0.2) is 0 Å². The van der Waals surface area contributed by atoms with E-state index in [1.807, 2.05) is 0 Å². The van der Waals surface area contributed by atoms with E-state index in [1.54, 1.807) is 31.2 Å². The minimum Gasteiger partial charge on any atom is -0.322 e. The van der Waals surface area contributed by atoms with E-state index in [0.717, 1.165) is 12.0 Å². The lowest BCUT2D eigenvalue weighted by Crippen LogP contribution is -2.29. The topological polar surface area (TPSA) is 87.6 Å². The summed E-state index contributed by atoms with van der Waals surface area (Å²) in [7, 11) is -3.76. The Morgan fingerprint density at radius 1 is 1.18 bits per heavy atom. The Hall–Kier alpha value is -3.00. The summed E-state index contributed by atoms with van der Waals surface area (Å²) in [6.07, 6.45) is 2.80. The second-order valence-corrected chi connectivity index (χ2v) is 8.07. The van der Waals surface area contributed by atoms with Crippen LogP contribution in [-0.2, 0) is 14.8 Å². The minimum atomic E-state index is -3.76. The molecule has 0 unspecified atom stereocenters. The highest BCUT2D eigenvalue weighted by Gasteiger charge is 2.18. The molecule has 2 aromatic rings. The number of amidine groups is 1. The Labute approximate surface area is 163 Å². The summed E-state index contributed by atoms with van der Waals surface area (Å²) in [4.78, 5) is 16.4. The van der Waals surface area contributed by atoms with Gasteiger partial charge >= 0.3 is 0 Å². The van der Waals surface area contributed by atoms with E-state index < -0.39 is 15.9 Å². The van der Waals surface area contributed by atoms with Crippen molar-refractivity contribution in [3.05, 3.63) is 66.0 Å². The van der Waals surface area contributed by atoms with Gasteiger partial charge in [-0.15, -0.1) is 0 Å². The van der Waals surface area contributed by atoms with Gasteiger partial charge in [-0.25, -0.2) is 12.8 Å². The molecule has 0 aromatic heterocycles. The van der Waals surface area contributed by atoms with Crippen LogP contribution in [0, 0.1) is 5.82 Å². The standard InChI is InChI=1S/C20H20FN3O3S/c1-14(15-7-9-16(21)10-8-15)12-20(25)23-17-4-2-5-18(13-17)28(26,27)24-19-6-3-11-22-19/h2,4-5,7-10,12-13H,3,6,11H2,1H3,(H,22,24)(H,23,25)/b14-12+. The number of nitrogens with zero attached hydrogens (tertiary/aromatic N) is 1. The average molecular weight is 401 g/mol. The van der Waals surface area contributed by atoms with E-state index in [4.69, 9.17) is 0 Å². The molecule has 0 fully saturated rings.